The van der Waals surface area contributed by atoms with Gasteiger partial charge in [-0.1, -0.05) is 25.1 Å². The molecule has 0 aromatic heterocycles. The Labute approximate surface area is 104 Å². The van der Waals surface area contributed by atoms with Gasteiger partial charge in [0, 0.05) is 23.7 Å². The van der Waals surface area contributed by atoms with Crippen molar-refractivity contribution in [1.29, 1.82) is 0 Å². The SMILES string of the molecule is CCC1CCC(C)N1C(C)c1ccccc1O. The highest BCUT2D eigenvalue weighted by molar-refractivity contribution is 5.34. The molecule has 3 unspecified atom stereocenters. The van der Waals surface area contributed by atoms with Gasteiger partial charge < -0.3 is 5.11 Å². The zero-order chi connectivity index (χ0) is 12.4. The highest BCUT2D eigenvalue weighted by Crippen LogP contribution is 2.37. The van der Waals surface area contributed by atoms with Gasteiger partial charge >= 0.3 is 0 Å². The molecule has 94 valence electrons. The van der Waals surface area contributed by atoms with Gasteiger partial charge in [-0.05, 0) is 39.2 Å². The standard InChI is InChI=1S/C15H23NO/c1-4-13-10-9-11(2)16(13)12(3)14-7-5-6-8-15(14)17/h5-8,11-13,17H,4,9-10H2,1-3H3. The number of benzene rings is 1. The van der Waals surface area contributed by atoms with Gasteiger partial charge in [0.1, 0.15) is 5.75 Å². The van der Waals surface area contributed by atoms with Crippen LogP contribution in [0.3, 0.4) is 0 Å². The van der Waals surface area contributed by atoms with Crippen molar-refractivity contribution >= 4 is 0 Å². The predicted molar refractivity (Wildman–Crippen MR) is 71.1 cm³/mol. The van der Waals surface area contributed by atoms with Gasteiger partial charge in [0.2, 0.25) is 0 Å². The molecule has 0 aliphatic carbocycles. The zero-order valence-corrected chi connectivity index (χ0v) is 11.1. The summed E-state index contributed by atoms with van der Waals surface area (Å²) in [5.41, 5.74) is 1.06. The van der Waals surface area contributed by atoms with Crippen LogP contribution in [0.1, 0.15) is 51.6 Å². The minimum atomic E-state index is 0.304. The lowest BCUT2D eigenvalue weighted by Gasteiger charge is -2.34. The lowest BCUT2D eigenvalue weighted by atomic mass is 10.0. The highest BCUT2D eigenvalue weighted by Gasteiger charge is 2.33. The lowest BCUT2D eigenvalue weighted by Crippen LogP contribution is -2.36. The first-order valence-corrected chi connectivity index (χ1v) is 6.70. The normalized spacial score (nSPS) is 27.2. The van der Waals surface area contributed by atoms with Crippen LogP contribution in [0.5, 0.6) is 5.75 Å². The molecule has 1 fully saturated rings. The summed E-state index contributed by atoms with van der Waals surface area (Å²) in [5.74, 6) is 0.425. The third-order valence-corrected chi connectivity index (χ3v) is 4.15. The Kier molecular flexibility index (Phi) is 3.72. The first-order valence-electron chi connectivity index (χ1n) is 6.70. The fourth-order valence-electron chi connectivity index (χ4n) is 3.21. The summed E-state index contributed by atoms with van der Waals surface area (Å²) in [7, 11) is 0. The van der Waals surface area contributed by atoms with Crippen LogP contribution in [-0.4, -0.2) is 22.1 Å². The number of likely N-dealkylation sites (tertiary alicyclic amines) is 1. The molecule has 0 saturated carbocycles. The molecule has 0 bridgehead atoms. The maximum Gasteiger partial charge on any atom is 0.120 e. The van der Waals surface area contributed by atoms with E-state index in [-0.39, 0.29) is 0 Å². The predicted octanol–water partition coefficient (Wildman–Crippen LogP) is 3.72. The monoisotopic (exact) mass is 233 g/mol. The molecular formula is C15H23NO. The lowest BCUT2D eigenvalue weighted by molar-refractivity contribution is 0.142. The van der Waals surface area contributed by atoms with Crippen LogP contribution in [0, 0.1) is 0 Å². The van der Waals surface area contributed by atoms with Crippen LogP contribution in [-0.2, 0) is 0 Å². The second-order valence-corrected chi connectivity index (χ2v) is 5.17. The van der Waals surface area contributed by atoms with Gasteiger partial charge in [0.25, 0.3) is 0 Å². The molecule has 0 radical (unpaired) electrons. The maximum atomic E-state index is 9.96. The van der Waals surface area contributed by atoms with Crippen LogP contribution in [0.15, 0.2) is 24.3 Å². The molecular weight excluding hydrogens is 210 g/mol. The van der Waals surface area contributed by atoms with Crippen molar-refractivity contribution in [3.05, 3.63) is 29.8 Å². The average Bonchev–Trinajstić information content (AvgIpc) is 2.70. The average molecular weight is 233 g/mol. The number of hydrogen-bond acceptors (Lipinski definition) is 2. The summed E-state index contributed by atoms with van der Waals surface area (Å²) < 4.78 is 0. The minimum Gasteiger partial charge on any atom is -0.508 e. The third kappa shape index (κ3) is 2.32. The summed E-state index contributed by atoms with van der Waals surface area (Å²) >= 11 is 0. The fraction of sp³-hybridized carbons (Fsp3) is 0.600. The maximum absolute atomic E-state index is 9.96. The molecule has 1 heterocycles. The minimum absolute atomic E-state index is 0.304. The van der Waals surface area contributed by atoms with Gasteiger partial charge in [-0.2, -0.15) is 0 Å². The zero-order valence-electron chi connectivity index (χ0n) is 11.1. The Morgan fingerprint density at radius 1 is 1.35 bits per heavy atom. The largest absolute Gasteiger partial charge is 0.508 e. The number of phenols is 1. The van der Waals surface area contributed by atoms with Crippen LogP contribution in [0.2, 0.25) is 0 Å². The Morgan fingerprint density at radius 2 is 2.06 bits per heavy atom. The van der Waals surface area contributed by atoms with Crippen LogP contribution in [0.4, 0.5) is 0 Å². The molecule has 1 aromatic rings. The van der Waals surface area contributed by atoms with Crippen molar-refractivity contribution in [3.8, 4) is 5.75 Å². The van der Waals surface area contributed by atoms with E-state index in [0.29, 0.717) is 23.9 Å². The number of nitrogens with zero attached hydrogens (tertiary/aromatic N) is 1. The summed E-state index contributed by atoms with van der Waals surface area (Å²) in [4.78, 5) is 2.56. The van der Waals surface area contributed by atoms with E-state index in [1.165, 1.54) is 19.3 Å². The summed E-state index contributed by atoms with van der Waals surface area (Å²) in [6.45, 7) is 6.76. The molecule has 2 heteroatoms. The second kappa shape index (κ2) is 5.09. The number of rotatable bonds is 3. The van der Waals surface area contributed by atoms with E-state index >= 15 is 0 Å². The van der Waals surface area contributed by atoms with E-state index in [4.69, 9.17) is 0 Å². The smallest absolute Gasteiger partial charge is 0.120 e. The van der Waals surface area contributed by atoms with Crippen molar-refractivity contribution in [2.45, 2.75) is 58.2 Å². The van der Waals surface area contributed by atoms with Crippen molar-refractivity contribution in [2.24, 2.45) is 0 Å². The highest BCUT2D eigenvalue weighted by atomic mass is 16.3. The van der Waals surface area contributed by atoms with Crippen molar-refractivity contribution < 1.29 is 5.11 Å². The molecule has 1 aliphatic heterocycles. The van der Waals surface area contributed by atoms with Gasteiger partial charge in [-0.3, -0.25) is 4.90 Å². The Bertz CT molecular complexity index is 377. The summed E-state index contributed by atoms with van der Waals surface area (Å²) in [5, 5.41) is 9.96. The fourth-order valence-corrected chi connectivity index (χ4v) is 3.21. The number of para-hydroxylation sites is 1. The van der Waals surface area contributed by atoms with E-state index in [9.17, 15) is 5.11 Å². The molecule has 0 amide bonds. The van der Waals surface area contributed by atoms with E-state index in [1.54, 1.807) is 6.07 Å². The first-order chi connectivity index (χ1) is 8.15. The molecule has 2 rings (SSSR count). The number of aromatic hydroxyl groups is 1. The van der Waals surface area contributed by atoms with Crippen molar-refractivity contribution in [1.82, 2.24) is 4.90 Å². The Morgan fingerprint density at radius 3 is 2.71 bits per heavy atom. The Balaban J connectivity index is 2.24. The summed E-state index contributed by atoms with van der Waals surface area (Å²) in [6, 6.07) is 9.31. The molecule has 2 nitrogen and oxygen atoms in total. The number of phenolic OH excluding ortho intramolecular Hbond substituents is 1. The molecule has 1 aromatic carbocycles. The van der Waals surface area contributed by atoms with Crippen LogP contribution < -0.4 is 0 Å². The van der Waals surface area contributed by atoms with E-state index in [1.807, 2.05) is 18.2 Å². The van der Waals surface area contributed by atoms with Gasteiger partial charge in [-0.15, -0.1) is 0 Å². The Hall–Kier alpha value is -1.02. The molecule has 1 N–H and O–H groups in total. The van der Waals surface area contributed by atoms with Crippen LogP contribution in [0.25, 0.3) is 0 Å². The molecule has 17 heavy (non-hydrogen) atoms. The summed E-state index contributed by atoms with van der Waals surface area (Å²) in [6.07, 6.45) is 3.76. The van der Waals surface area contributed by atoms with Crippen LogP contribution >= 0.6 is 0 Å². The second-order valence-electron chi connectivity index (χ2n) is 5.17. The van der Waals surface area contributed by atoms with Crippen molar-refractivity contribution in [2.75, 3.05) is 0 Å². The first kappa shape index (κ1) is 12.4. The molecule has 1 saturated heterocycles. The van der Waals surface area contributed by atoms with E-state index in [2.05, 4.69) is 25.7 Å². The molecule has 1 aliphatic rings. The quantitative estimate of drug-likeness (QED) is 0.860. The molecule has 3 atom stereocenters. The van der Waals surface area contributed by atoms with Gasteiger partial charge in [-0.25, -0.2) is 0 Å². The molecule has 0 spiro atoms. The van der Waals surface area contributed by atoms with Gasteiger partial charge in [0.15, 0.2) is 0 Å². The van der Waals surface area contributed by atoms with E-state index in [0.717, 1.165) is 5.56 Å². The third-order valence-electron chi connectivity index (χ3n) is 4.15. The van der Waals surface area contributed by atoms with Gasteiger partial charge in [0.05, 0.1) is 0 Å². The van der Waals surface area contributed by atoms with E-state index < -0.39 is 0 Å². The number of hydrogen-bond donors (Lipinski definition) is 1. The topological polar surface area (TPSA) is 23.5 Å². The van der Waals surface area contributed by atoms with Crippen molar-refractivity contribution in [3.63, 3.8) is 0 Å².